The topological polar surface area (TPSA) is 64.1 Å². The minimum Gasteiger partial charge on any atom is -0.598 e. The first-order chi connectivity index (χ1) is 9.61. The molecule has 0 aromatic carbocycles. The summed E-state index contributed by atoms with van der Waals surface area (Å²) in [6.45, 7) is 8.15. The van der Waals surface area contributed by atoms with Crippen molar-refractivity contribution in [3.8, 4) is 0 Å². The molecule has 2 heterocycles. The predicted molar refractivity (Wildman–Crippen MR) is 85.4 cm³/mol. The molecule has 5 nitrogen and oxygen atoms in total. The third-order valence-electron chi connectivity index (χ3n) is 3.67. The van der Waals surface area contributed by atoms with Gasteiger partial charge in [0.1, 0.15) is 16.3 Å². The fraction of sp³-hybridized carbons (Fsp3) is 0.846. The molecule has 0 bridgehead atoms. The van der Waals surface area contributed by atoms with Crippen molar-refractivity contribution in [3.05, 3.63) is 5.01 Å². The van der Waals surface area contributed by atoms with E-state index in [4.69, 9.17) is 0 Å². The zero-order valence-electron chi connectivity index (χ0n) is 12.5. The van der Waals surface area contributed by atoms with Crippen molar-refractivity contribution in [1.82, 2.24) is 14.1 Å². The number of hydrogen-bond donors (Lipinski definition) is 1. The lowest BCUT2D eigenvalue weighted by Gasteiger charge is -2.25. The Labute approximate surface area is 128 Å². The van der Waals surface area contributed by atoms with Crippen LogP contribution in [-0.2, 0) is 11.4 Å². The zero-order valence-corrected chi connectivity index (χ0v) is 14.1. The number of nitrogens with one attached hydrogen (secondary N) is 1. The molecular weight excluding hydrogens is 292 g/mol. The maximum Gasteiger partial charge on any atom is 0.237 e. The van der Waals surface area contributed by atoms with Crippen LogP contribution in [-0.4, -0.2) is 32.2 Å². The molecule has 2 rings (SSSR count). The monoisotopic (exact) mass is 316 g/mol. The summed E-state index contributed by atoms with van der Waals surface area (Å²) in [5.74, 6) is 0.840. The number of aromatic nitrogens is 2. The highest BCUT2D eigenvalue weighted by Crippen LogP contribution is 2.23. The van der Waals surface area contributed by atoms with Crippen LogP contribution < -0.4 is 9.62 Å². The molecule has 1 aliphatic rings. The van der Waals surface area contributed by atoms with E-state index in [1.54, 1.807) is 0 Å². The molecule has 20 heavy (non-hydrogen) atoms. The molecule has 1 aliphatic heterocycles. The van der Waals surface area contributed by atoms with E-state index in [0.29, 0.717) is 0 Å². The van der Waals surface area contributed by atoms with E-state index >= 15 is 0 Å². The van der Waals surface area contributed by atoms with E-state index in [1.165, 1.54) is 30.8 Å². The minimum absolute atomic E-state index is 0.0131. The SMILES string of the molecule is CCC(C)[S+]([O-])NC(C)c1nc(N2CCCCC2)ns1. The van der Waals surface area contributed by atoms with Gasteiger partial charge in [-0.15, -0.1) is 4.72 Å². The fourth-order valence-corrected chi connectivity index (χ4v) is 3.86. The summed E-state index contributed by atoms with van der Waals surface area (Å²) in [7, 11) is 0. The van der Waals surface area contributed by atoms with Gasteiger partial charge in [-0.25, -0.2) is 4.98 Å². The standard InChI is InChI=1S/C13H24N4OS2/c1-4-10(2)20(18)16-11(3)12-14-13(15-19-12)17-8-6-5-7-9-17/h10-11,16H,4-9H2,1-3H3. The Morgan fingerprint density at radius 2 is 2.05 bits per heavy atom. The van der Waals surface area contributed by atoms with Gasteiger partial charge in [-0.3, -0.25) is 0 Å². The molecule has 0 radical (unpaired) electrons. The van der Waals surface area contributed by atoms with Crippen molar-refractivity contribution in [2.75, 3.05) is 18.0 Å². The summed E-state index contributed by atoms with van der Waals surface area (Å²) in [5.41, 5.74) is 0. The van der Waals surface area contributed by atoms with Gasteiger partial charge in [-0.05, 0) is 51.1 Å². The number of hydrogen-bond acceptors (Lipinski definition) is 6. The van der Waals surface area contributed by atoms with Gasteiger partial charge in [0.05, 0.1) is 0 Å². The average Bonchev–Trinajstić information content (AvgIpc) is 2.97. The van der Waals surface area contributed by atoms with Crippen molar-refractivity contribution >= 4 is 28.8 Å². The minimum atomic E-state index is -1.02. The summed E-state index contributed by atoms with van der Waals surface area (Å²) < 4.78 is 19.6. The second-order valence-electron chi connectivity index (χ2n) is 5.34. The van der Waals surface area contributed by atoms with Gasteiger partial charge in [-0.2, -0.15) is 4.37 Å². The van der Waals surface area contributed by atoms with Gasteiger partial charge in [0.2, 0.25) is 5.95 Å². The highest BCUT2D eigenvalue weighted by Gasteiger charge is 2.23. The smallest absolute Gasteiger partial charge is 0.237 e. The van der Waals surface area contributed by atoms with Crippen molar-refractivity contribution in [2.24, 2.45) is 0 Å². The van der Waals surface area contributed by atoms with Gasteiger partial charge in [0.25, 0.3) is 0 Å². The van der Waals surface area contributed by atoms with E-state index < -0.39 is 11.4 Å². The van der Waals surface area contributed by atoms with E-state index in [-0.39, 0.29) is 11.3 Å². The van der Waals surface area contributed by atoms with Gasteiger partial charge in [-0.1, -0.05) is 6.92 Å². The quantitative estimate of drug-likeness (QED) is 0.817. The van der Waals surface area contributed by atoms with Crippen LogP contribution in [0.15, 0.2) is 0 Å². The van der Waals surface area contributed by atoms with Crippen LogP contribution in [0.4, 0.5) is 5.95 Å². The van der Waals surface area contributed by atoms with Crippen LogP contribution in [0.3, 0.4) is 0 Å². The molecule has 1 aromatic heterocycles. The lowest BCUT2D eigenvalue weighted by molar-refractivity contribution is 0.549. The Balaban J connectivity index is 1.93. The highest BCUT2D eigenvalue weighted by atomic mass is 32.2. The molecule has 0 aliphatic carbocycles. The first-order valence-electron chi connectivity index (χ1n) is 7.37. The fourth-order valence-electron chi connectivity index (χ4n) is 2.12. The molecule has 1 N–H and O–H groups in total. The van der Waals surface area contributed by atoms with Crippen LogP contribution in [0.2, 0.25) is 0 Å². The summed E-state index contributed by atoms with van der Waals surface area (Å²) >= 11 is 0.397. The molecule has 0 amide bonds. The van der Waals surface area contributed by atoms with E-state index in [0.717, 1.165) is 30.5 Å². The van der Waals surface area contributed by atoms with Crippen LogP contribution >= 0.6 is 11.5 Å². The lowest BCUT2D eigenvalue weighted by atomic mass is 10.1. The molecule has 114 valence electrons. The summed E-state index contributed by atoms with van der Waals surface area (Å²) in [6.07, 6.45) is 4.65. The predicted octanol–water partition coefficient (Wildman–Crippen LogP) is 2.64. The van der Waals surface area contributed by atoms with Gasteiger partial charge in [0.15, 0.2) is 0 Å². The Bertz CT molecular complexity index is 409. The third-order valence-corrected chi connectivity index (χ3v) is 6.21. The van der Waals surface area contributed by atoms with E-state index in [2.05, 4.69) is 19.0 Å². The average molecular weight is 316 g/mol. The van der Waals surface area contributed by atoms with Crippen LogP contribution in [0.5, 0.6) is 0 Å². The number of nitrogens with zero attached hydrogens (tertiary/aromatic N) is 3. The Hall–Kier alpha value is -0.370. The first-order valence-corrected chi connectivity index (χ1v) is 9.35. The summed E-state index contributed by atoms with van der Waals surface area (Å²) in [6, 6.07) is -0.0131. The number of anilines is 1. The van der Waals surface area contributed by atoms with Crippen LogP contribution in [0.25, 0.3) is 0 Å². The molecule has 3 atom stereocenters. The molecule has 0 saturated carbocycles. The largest absolute Gasteiger partial charge is 0.598 e. The molecule has 1 fully saturated rings. The third kappa shape index (κ3) is 4.07. The van der Waals surface area contributed by atoms with Crippen molar-refractivity contribution < 1.29 is 4.55 Å². The van der Waals surface area contributed by atoms with Crippen molar-refractivity contribution in [2.45, 2.75) is 57.7 Å². The lowest BCUT2D eigenvalue weighted by Crippen LogP contribution is -2.34. The molecule has 1 saturated heterocycles. The molecular formula is C13H24N4OS2. The molecule has 7 heteroatoms. The first kappa shape index (κ1) is 16.0. The van der Waals surface area contributed by atoms with Gasteiger partial charge in [0, 0.05) is 24.5 Å². The maximum atomic E-state index is 12.0. The Morgan fingerprint density at radius 3 is 2.70 bits per heavy atom. The number of rotatable bonds is 6. The summed E-state index contributed by atoms with van der Waals surface area (Å²) in [4.78, 5) is 6.86. The zero-order chi connectivity index (χ0) is 14.5. The second kappa shape index (κ2) is 7.59. The van der Waals surface area contributed by atoms with Crippen molar-refractivity contribution in [3.63, 3.8) is 0 Å². The van der Waals surface area contributed by atoms with Gasteiger partial charge >= 0.3 is 0 Å². The van der Waals surface area contributed by atoms with E-state index in [1.807, 2.05) is 20.8 Å². The Kier molecular flexibility index (Phi) is 6.07. The van der Waals surface area contributed by atoms with E-state index in [9.17, 15) is 4.55 Å². The van der Waals surface area contributed by atoms with Gasteiger partial charge < -0.3 is 9.45 Å². The molecule has 3 unspecified atom stereocenters. The second-order valence-corrected chi connectivity index (χ2v) is 7.75. The normalized spacial score (nSPS) is 20.7. The van der Waals surface area contributed by atoms with Crippen LogP contribution in [0.1, 0.15) is 57.5 Å². The highest BCUT2D eigenvalue weighted by molar-refractivity contribution is 7.90. The van der Waals surface area contributed by atoms with Crippen LogP contribution in [0, 0.1) is 0 Å². The Morgan fingerprint density at radius 1 is 1.35 bits per heavy atom. The molecule has 0 spiro atoms. The maximum absolute atomic E-state index is 12.0. The number of piperidine rings is 1. The summed E-state index contributed by atoms with van der Waals surface area (Å²) in [5, 5.41) is 1.08. The van der Waals surface area contributed by atoms with Crippen molar-refractivity contribution in [1.29, 1.82) is 0 Å². The molecule has 1 aromatic rings.